The second-order valence-corrected chi connectivity index (χ2v) is 5.81. The predicted molar refractivity (Wildman–Crippen MR) is 91.8 cm³/mol. The first-order valence-corrected chi connectivity index (χ1v) is 8.49. The monoisotopic (exact) mass is 379 g/mol. The van der Waals surface area contributed by atoms with Crippen molar-refractivity contribution >= 4 is 34.2 Å². The Morgan fingerprint density at radius 2 is 1.73 bits per heavy atom. The molecule has 0 atom stereocenters. The normalized spacial score (nSPS) is 10.2. The maximum absolute atomic E-state index is 12.2. The average molecular weight is 379 g/mol. The number of nitrogen functional groups attached to an aromatic ring is 1. The summed E-state index contributed by atoms with van der Waals surface area (Å²) in [7, 11) is 0. The molecular formula is C16H17N3O6S. The van der Waals surface area contributed by atoms with Gasteiger partial charge in [0.25, 0.3) is 0 Å². The van der Waals surface area contributed by atoms with Crippen LogP contribution in [0.4, 0.5) is 5.00 Å². The number of nitrogens with zero attached hydrogens (tertiary/aromatic N) is 2. The highest BCUT2D eigenvalue weighted by molar-refractivity contribution is 7.18. The fraction of sp³-hybridized carbons (Fsp3) is 0.312. The molecule has 138 valence electrons. The average Bonchev–Trinajstić information content (AvgIpc) is 2.97. The molecule has 0 aliphatic heterocycles. The van der Waals surface area contributed by atoms with Gasteiger partial charge in [0.1, 0.15) is 22.0 Å². The van der Waals surface area contributed by atoms with E-state index >= 15 is 0 Å². The minimum absolute atomic E-state index is 0.00755. The highest BCUT2D eigenvalue weighted by Gasteiger charge is 2.28. The molecule has 2 rings (SSSR count). The van der Waals surface area contributed by atoms with Crippen LogP contribution in [0.5, 0.6) is 0 Å². The van der Waals surface area contributed by atoms with Crippen LogP contribution in [0.15, 0.2) is 18.6 Å². The molecule has 2 aromatic rings. The van der Waals surface area contributed by atoms with Crippen LogP contribution in [0, 0.1) is 0 Å². The van der Waals surface area contributed by atoms with Crippen LogP contribution in [0.2, 0.25) is 0 Å². The summed E-state index contributed by atoms with van der Waals surface area (Å²) in [6.45, 7) is 3.19. The van der Waals surface area contributed by atoms with E-state index in [1.807, 2.05) is 0 Å². The van der Waals surface area contributed by atoms with Gasteiger partial charge in [-0.3, -0.25) is 4.98 Å². The lowest BCUT2D eigenvalue weighted by atomic mass is 10.1. The number of hydrogen-bond acceptors (Lipinski definition) is 10. The summed E-state index contributed by atoms with van der Waals surface area (Å²) in [5.74, 6) is -2.12. The molecule has 2 N–H and O–H groups in total. The molecule has 0 radical (unpaired) electrons. The third kappa shape index (κ3) is 4.33. The van der Waals surface area contributed by atoms with Gasteiger partial charge < -0.3 is 19.9 Å². The Hall–Kier alpha value is -3.01. The number of nitrogens with two attached hydrogens (primary N) is 1. The van der Waals surface area contributed by atoms with E-state index in [4.69, 9.17) is 19.9 Å². The van der Waals surface area contributed by atoms with Crippen LogP contribution >= 0.6 is 11.3 Å². The first-order valence-electron chi connectivity index (χ1n) is 7.68. The van der Waals surface area contributed by atoms with Crippen LogP contribution in [-0.4, -0.2) is 41.1 Å². The second kappa shape index (κ2) is 8.90. The fourth-order valence-corrected chi connectivity index (χ4v) is 2.98. The van der Waals surface area contributed by atoms with Crippen molar-refractivity contribution in [3.63, 3.8) is 0 Å². The molecule has 26 heavy (non-hydrogen) atoms. The van der Waals surface area contributed by atoms with Gasteiger partial charge in [-0.25, -0.2) is 19.4 Å². The zero-order valence-electron chi connectivity index (χ0n) is 14.2. The van der Waals surface area contributed by atoms with Gasteiger partial charge in [-0.1, -0.05) is 0 Å². The highest BCUT2D eigenvalue weighted by Crippen LogP contribution is 2.33. The molecule has 0 aliphatic rings. The third-order valence-corrected chi connectivity index (χ3v) is 4.14. The smallest absolute Gasteiger partial charge is 0.358 e. The van der Waals surface area contributed by atoms with Gasteiger partial charge in [0.05, 0.1) is 19.4 Å². The quantitative estimate of drug-likeness (QED) is 0.565. The number of anilines is 1. The number of aromatic nitrogens is 2. The molecule has 0 saturated carbocycles. The van der Waals surface area contributed by atoms with Crippen molar-refractivity contribution in [1.82, 2.24) is 9.97 Å². The minimum atomic E-state index is -0.757. The van der Waals surface area contributed by atoms with Gasteiger partial charge in [-0.2, -0.15) is 0 Å². The van der Waals surface area contributed by atoms with E-state index in [2.05, 4.69) is 9.97 Å². The van der Waals surface area contributed by atoms with E-state index in [0.29, 0.717) is 0 Å². The summed E-state index contributed by atoms with van der Waals surface area (Å²) in [5, 5.41) is 0.0806. The maximum atomic E-state index is 12.2. The Balaban J connectivity index is 2.32. The van der Waals surface area contributed by atoms with Crippen LogP contribution < -0.4 is 5.73 Å². The lowest BCUT2D eigenvalue weighted by Crippen LogP contribution is -2.14. The van der Waals surface area contributed by atoms with Gasteiger partial charge >= 0.3 is 17.9 Å². The van der Waals surface area contributed by atoms with Crippen LogP contribution in [0.1, 0.15) is 49.9 Å². The summed E-state index contributed by atoms with van der Waals surface area (Å²) in [4.78, 5) is 44.1. The van der Waals surface area contributed by atoms with E-state index in [-0.39, 0.29) is 46.5 Å². The van der Waals surface area contributed by atoms with Crippen molar-refractivity contribution in [2.45, 2.75) is 20.5 Å². The number of thiophene rings is 1. The van der Waals surface area contributed by atoms with E-state index in [1.54, 1.807) is 13.8 Å². The van der Waals surface area contributed by atoms with E-state index in [9.17, 15) is 14.4 Å². The fourth-order valence-electron chi connectivity index (χ4n) is 2.03. The standard InChI is InChI=1S/C16H17N3O6S/c1-3-23-15(21)11-9(12(26-13(11)17)16(22)24-4-2)8-25-14(20)10-7-18-5-6-19-10/h5-7H,3-4,8,17H2,1-2H3. The number of carbonyl (C=O) groups is 3. The summed E-state index contributed by atoms with van der Waals surface area (Å²) in [6, 6.07) is 0. The summed E-state index contributed by atoms with van der Waals surface area (Å²) < 4.78 is 15.1. The van der Waals surface area contributed by atoms with Crippen molar-refractivity contribution < 1.29 is 28.6 Å². The van der Waals surface area contributed by atoms with Gasteiger partial charge in [0, 0.05) is 18.0 Å². The largest absolute Gasteiger partial charge is 0.462 e. The first kappa shape index (κ1) is 19.3. The third-order valence-electron chi connectivity index (χ3n) is 3.09. The molecular weight excluding hydrogens is 362 g/mol. The van der Waals surface area contributed by atoms with Crippen LogP contribution in [0.3, 0.4) is 0 Å². The predicted octanol–water partition coefficient (Wildman–Crippen LogP) is 1.83. The van der Waals surface area contributed by atoms with Crippen molar-refractivity contribution in [3.8, 4) is 0 Å². The van der Waals surface area contributed by atoms with Crippen LogP contribution in [-0.2, 0) is 20.8 Å². The number of ether oxygens (including phenoxy) is 3. The van der Waals surface area contributed by atoms with E-state index in [0.717, 1.165) is 11.3 Å². The minimum Gasteiger partial charge on any atom is -0.462 e. The summed E-state index contributed by atoms with van der Waals surface area (Å²) in [6.07, 6.45) is 3.99. The topological polar surface area (TPSA) is 131 Å². The molecule has 0 bridgehead atoms. The Labute approximate surface area is 153 Å². The molecule has 2 aromatic heterocycles. The number of rotatable bonds is 7. The molecule has 2 heterocycles. The Morgan fingerprint density at radius 3 is 2.35 bits per heavy atom. The maximum Gasteiger partial charge on any atom is 0.358 e. The molecule has 0 aromatic carbocycles. The molecule has 0 unspecified atom stereocenters. The molecule has 0 spiro atoms. The summed E-state index contributed by atoms with van der Waals surface area (Å²) >= 11 is 0.874. The zero-order valence-corrected chi connectivity index (χ0v) is 15.0. The highest BCUT2D eigenvalue weighted by atomic mass is 32.1. The van der Waals surface area contributed by atoms with Gasteiger partial charge in [0.15, 0.2) is 5.69 Å². The lowest BCUT2D eigenvalue weighted by molar-refractivity contribution is 0.0432. The van der Waals surface area contributed by atoms with Gasteiger partial charge in [-0.15, -0.1) is 11.3 Å². The van der Waals surface area contributed by atoms with Gasteiger partial charge in [0.2, 0.25) is 0 Å². The molecule has 9 nitrogen and oxygen atoms in total. The second-order valence-electron chi connectivity index (χ2n) is 4.76. The first-order chi connectivity index (χ1) is 12.5. The molecule has 0 saturated heterocycles. The molecule has 0 amide bonds. The molecule has 0 fully saturated rings. The number of hydrogen-bond donors (Lipinski definition) is 1. The number of esters is 3. The van der Waals surface area contributed by atoms with Crippen molar-refractivity contribution in [1.29, 1.82) is 0 Å². The Morgan fingerprint density at radius 1 is 1.04 bits per heavy atom. The van der Waals surface area contributed by atoms with E-state index in [1.165, 1.54) is 18.6 Å². The SMILES string of the molecule is CCOC(=O)c1sc(N)c(C(=O)OCC)c1COC(=O)c1cnccn1. The molecule has 10 heteroatoms. The van der Waals surface area contributed by atoms with Crippen molar-refractivity contribution in [2.75, 3.05) is 18.9 Å². The lowest BCUT2D eigenvalue weighted by Gasteiger charge is -2.08. The molecule has 0 aliphatic carbocycles. The van der Waals surface area contributed by atoms with E-state index < -0.39 is 17.9 Å². The Kier molecular flexibility index (Phi) is 6.61. The van der Waals surface area contributed by atoms with Crippen LogP contribution in [0.25, 0.3) is 0 Å². The summed E-state index contributed by atoms with van der Waals surface area (Å²) in [5.41, 5.74) is 6.00. The van der Waals surface area contributed by atoms with Gasteiger partial charge in [-0.05, 0) is 13.8 Å². The van der Waals surface area contributed by atoms with Crippen molar-refractivity contribution in [3.05, 3.63) is 40.3 Å². The number of carbonyl (C=O) groups excluding carboxylic acids is 3. The van der Waals surface area contributed by atoms with Crippen molar-refractivity contribution in [2.24, 2.45) is 0 Å². The zero-order chi connectivity index (χ0) is 19.1. The Bertz CT molecular complexity index is 806.